The third-order valence-electron chi connectivity index (χ3n) is 5.83. The first-order valence-electron chi connectivity index (χ1n) is 10.7. The molecule has 1 saturated heterocycles. The van der Waals surface area contributed by atoms with Crippen molar-refractivity contribution in [2.45, 2.75) is 32.1 Å². The fourth-order valence-electron chi connectivity index (χ4n) is 4.31. The number of nitrogens with two attached hydrogens (primary N) is 1. The molecular formula is C21H27N9. The number of nitrogen functional groups attached to an aromatic ring is 1. The fraction of sp³-hybridized carbons (Fsp3) is 0.429. The highest BCUT2D eigenvalue weighted by molar-refractivity contribution is 5.62. The van der Waals surface area contributed by atoms with Crippen molar-refractivity contribution in [1.29, 1.82) is 0 Å². The summed E-state index contributed by atoms with van der Waals surface area (Å²) >= 11 is 0. The van der Waals surface area contributed by atoms with Gasteiger partial charge in [-0.05, 0) is 62.4 Å². The molecule has 2 aliphatic rings. The highest BCUT2D eigenvalue weighted by Crippen LogP contribution is 2.30. The Balaban J connectivity index is 1.29. The molecule has 2 aromatic heterocycles. The number of rotatable bonds is 7. The van der Waals surface area contributed by atoms with Crippen molar-refractivity contribution in [3.8, 4) is 5.82 Å². The van der Waals surface area contributed by atoms with Gasteiger partial charge in [0.25, 0.3) is 0 Å². The van der Waals surface area contributed by atoms with E-state index in [2.05, 4.69) is 53.8 Å². The Hall–Kier alpha value is -3.20. The van der Waals surface area contributed by atoms with Crippen LogP contribution in [0.5, 0.6) is 0 Å². The zero-order chi connectivity index (χ0) is 20.3. The number of hydrogen-bond acceptors (Lipinski definition) is 8. The Morgan fingerprint density at radius 3 is 2.87 bits per heavy atom. The Morgan fingerprint density at radius 2 is 1.97 bits per heavy atom. The number of nitrogens with zero attached hydrogens (tertiary/aromatic N) is 6. The second-order valence-electron chi connectivity index (χ2n) is 7.86. The van der Waals surface area contributed by atoms with Crippen LogP contribution in [0.25, 0.3) is 5.82 Å². The van der Waals surface area contributed by atoms with Gasteiger partial charge in [-0.3, -0.25) is 0 Å². The first-order valence-corrected chi connectivity index (χ1v) is 10.7. The lowest BCUT2D eigenvalue weighted by molar-refractivity contribution is 0.352. The van der Waals surface area contributed by atoms with E-state index in [4.69, 9.17) is 5.73 Å². The van der Waals surface area contributed by atoms with Crippen molar-refractivity contribution in [1.82, 2.24) is 29.6 Å². The van der Waals surface area contributed by atoms with Crippen molar-refractivity contribution in [2.24, 2.45) is 0 Å². The van der Waals surface area contributed by atoms with Crippen LogP contribution in [0.15, 0.2) is 30.6 Å². The molecule has 30 heavy (non-hydrogen) atoms. The van der Waals surface area contributed by atoms with Gasteiger partial charge in [-0.25, -0.2) is 9.97 Å². The average Bonchev–Trinajstić information content (AvgIpc) is 3.50. The van der Waals surface area contributed by atoms with Crippen molar-refractivity contribution >= 4 is 23.4 Å². The summed E-state index contributed by atoms with van der Waals surface area (Å²) in [6.45, 7) is 4.23. The summed E-state index contributed by atoms with van der Waals surface area (Å²) in [5, 5.41) is 11.2. The van der Waals surface area contributed by atoms with Gasteiger partial charge in [-0.2, -0.15) is 9.67 Å². The van der Waals surface area contributed by atoms with Crippen LogP contribution in [-0.2, 0) is 12.8 Å². The Kier molecular flexibility index (Phi) is 5.18. The third-order valence-corrected chi connectivity index (χ3v) is 5.83. The maximum atomic E-state index is 6.13. The molecule has 0 atom stereocenters. The van der Waals surface area contributed by atoms with E-state index >= 15 is 0 Å². The molecular weight excluding hydrogens is 378 g/mol. The van der Waals surface area contributed by atoms with Crippen LogP contribution in [0.4, 0.5) is 23.4 Å². The zero-order valence-electron chi connectivity index (χ0n) is 17.0. The minimum absolute atomic E-state index is 0.284. The van der Waals surface area contributed by atoms with Gasteiger partial charge in [0.2, 0.25) is 11.9 Å². The van der Waals surface area contributed by atoms with Gasteiger partial charge in [-0.15, -0.1) is 5.10 Å². The number of aromatic nitrogens is 5. The predicted molar refractivity (Wildman–Crippen MR) is 117 cm³/mol. The summed E-state index contributed by atoms with van der Waals surface area (Å²) < 4.78 is 1.54. The molecule has 0 bridgehead atoms. The van der Waals surface area contributed by atoms with Crippen molar-refractivity contribution < 1.29 is 0 Å². The number of aryl methyl sites for hydroxylation is 1. The molecule has 0 unspecified atom stereocenters. The first kappa shape index (κ1) is 18.8. The van der Waals surface area contributed by atoms with E-state index in [1.54, 1.807) is 4.68 Å². The van der Waals surface area contributed by atoms with Crippen molar-refractivity contribution in [2.75, 3.05) is 42.5 Å². The number of fused-ring (bicyclic) bond motifs is 1. The molecule has 3 aromatic rings. The maximum absolute atomic E-state index is 6.13. The number of benzene rings is 1. The molecule has 9 heteroatoms. The highest BCUT2D eigenvalue weighted by atomic mass is 15.4. The predicted octanol–water partition coefficient (Wildman–Crippen LogP) is 2.38. The van der Waals surface area contributed by atoms with Gasteiger partial charge in [0.1, 0.15) is 12.1 Å². The summed E-state index contributed by atoms with van der Waals surface area (Å²) in [6, 6.07) is 8.16. The average molecular weight is 406 g/mol. The molecule has 0 saturated carbocycles. The van der Waals surface area contributed by atoms with Gasteiger partial charge in [0.15, 0.2) is 5.82 Å². The standard InChI is InChI=1S/C21H27N9/c22-20-27-21(26-17-8-4-6-15-5-3-7-16(15)17)28-30(20)19-13-18(24-14-25-19)23-9-12-29-10-1-2-11-29/h4,6,8,13-14H,1-3,5,7,9-12H2,(H,23,24,25)(H3,22,26,27,28). The summed E-state index contributed by atoms with van der Waals surface area (Å²) in [7, 11) is 0. The minimum atomic E-state index is 0.284. The minimum Gasteiger partial charge on any atom is -0.369 e. The van der Waals surface area contributed by atoms with Crippen LogP contribution in [0.2, 0.25) is 0 Å². The van der Waals surface area contributed by atoms with Gasteiger partial charge in [0, 0.05) is 24.8 Å². The van der Waals surface area contributed by atoms with E-state index in [1.807, 2.05) is 6.07 Å². The molecule has 5 rings (SSSR count). The lowest BCUT2D eigenvalue weighted by Gasteiger charge is -2.15. The van der Waals surface area contributed by atoms with Gasteiger partial charge in [0.05, 0.1) is 0 Å². The third kappa shape index (κ3) is 3.93. The number of hydrogen-bond donors (Lipinski definition) is 3. The largest absolute Gasteiger partial charge is 0.369 e. The van der Waals surface area contributed by atoms with E-state index < -0.39 is 0 Å². The topological polar surface area (TPSA) is 110 Å². The lowest BCUT2D eigenvalue weighted by Crippen LogP contribution is -2.26. The van der Waals surface area contributed by atoms with Crippen LogP contribution >= 0.6 is 0 Å². The highest BCUT2D eigenvalue weighted by Gasteiger charge is 2.17. The monoisotopic (exact) mass is 405 g/mol. The molecule has 156 valence electrons. The van der Waals surface area contributed by atoms with Crippen LogP contribution in [0.1, 0.15) is 30.4 Å². The van der Waals surface area contributed by atoms with Crippen LogP contribution in [0, 0.1) is 0 Å². The van der Waals surface area contributed by atoms with Crippen LogP contribution in [0.3, 0.4) is 0 Å². The Bertz CT molecular complexity index is 1020. The van der Waals surface area contributed by atoms with Crippen molar-refractivity contribution in [3.05, 3.63) is 41.7 Å². The molecule has 1 aliphatic heterocycles. The lowest BCUT2D eigenvalue weighted by atomic mass is 10.1. The summed E-state index contributed by atoms with van der Waals surface area (Å²) in [4.78, 5) is 15.5. The molecule has 0 radical (unpaired) electrons. The van der Waals surface area contributed by atoms with E-state index in [0.717, 1.165) is 37.4 Å². The van der Waals surface area contributed by atoms with Crippen LogP contribution in [-0.4, -0.2) is 55.8 Å². The van der Waals surface area contributed by atoms with Crippen LogP contribution < -0.4 is 16.4 Å². The summed E-state index contributed by atoms with van der Waals surface area (Å²) in [5.41, 5.74) is 9.93. The molecule has 0 amide bonds. The molecule has 3 heterocycles. The zero-order valence-corrected chi connectivity index (χ0v) is 17.0. The van der Waals surface area contributed by atoms with Gasteiger partial charge < -0.3 is 21.3 Å². The smallest absolute Gasteiger partial charge is 0.248 e. The second kappa shape index (κ2) is 8.27. The Labute approximate surface area is 175 Å². The maximum Gasteiger partial charge on any atom is 0.248 e. The molecule has 0 spiro atoms. The summed E-state index contributed by atoms with van der Waals surface area (Å²) in [5.74, 6) is 2.09. The summed E-state index contributed by atoms with van der Waals surface area (Å²) in [6.07, 6.45) is 7.51. The van der Waals surface area contributed by atoms with E-state index in [0.29, 0.717) is 11.8 Å². The Morgan fingerprint density at radius 1 is 1.07 bits per heavy atom. The normalized spacial score (nSPS) is 16.0. The number of likely N-dealkylation sites (tertiary alicyclic amines) is 1. The molecule has 1 aromatic carbocycles. The number of nitrogens with one attached hydrogen (secondary N) is 2. The van der Waals surface area contributed by atoms with Crippen molar-refractivity contribution in [3.63, 3.8) is 0 Å². The molecule has 4 N–H and O–H groups in total. The van der Waals surface area contributed by atoms with Gasteiger partial charge >= 0.3 is 0 Å². The molecule has 1 aliphatic carbocycles. The molecule has 1 fully saturated rings. The fourth-order valence-corrected chi connectivity index (χ4v) is 4.31. The second-order valence-corrected chi connectivity index (χ2v) is 7.86. The van der Waals surface area contributed by atoms with E-state index in [-0.39, 0.29) is 5.95 Å². The SMILES string of the molecule is Nc1nc(Nc2cccc3c2CCC3)nn1-c1cc(NCCN2CCCC2)ncn1. The van der Waals surface area contributed by atoms with E-state index in [1.165, 1.54) is 49.8 Å². The first-order chi connectivity index (χ1) is 14.8. The quantitative estimate of drug-likeness (QED) is 0.550. The molecule has 9 nitrogen and oxygen atoms in total. The van der Waals surface area contributed by atoms with E-state index in [9.17, 15) is 0 Å². The van der Waals surface area contributed by atoms with Gasteiger partial charge in [-0.1, -0.05) is 12.1 Å². The number of anilines is 4.